The van der Waals surface area contributed by atoms with Crippen molar-refractivity contribution < 1.29 is 4.74 Å². The highest BCUT2D eigenvalue weighted by molar-refractivity contribution is 5.82. The molecule has 0 aliphatic heterocycles. The molecule has 1 heterocycles. The summed E-state index contributed by atoms with van der Waals surface area (Å²) >= 11 is 0. The van der Waals surface area contributed by atoms with Crippen molar-refractivity contribution in [3.05, 3.63) is 129 Å². The van der Waals surface area contributed by atoms with Crippen LogP contribution in [0.3, 0.4) is 0 Å². The van der Waals surface area contributed by atoms with Crippen molar-refractivity contribution in [1.29, 1.82) is 0 Å². The molecule has 0 aliphatic carbocycles. The Kier molecular flexibility index (Phi) is 6.15. The molecule has 0 radical (unpaired) electrons. The van der Waals surface area contributed by atoms with Crippen molar-refractivity contribution in [2.45, 2.75) is 33.6 Å². The predicted octanol–water partition coefficient (Wildman–Crippen LogP) is 6.38. The third-order valence-corrected chi connectivity index (χ3v) is 6.18. The van der Waals surface area contributed by atoms with Crippen LogP contribution in [0, 0.1) is 13.8 Å². The molecule has 4 heteroatoms. The third-order valence-electron chi connectivity index (χ3n) is 6.18. The first-order valence-electron chi connectivity index (χ1n) is 11.6. The quantitative estimate of drug-likeness (QED) is 0.314. The Morgan fingerprint density at radius 1 is 0.676 bits per heavy atom. The monoisotopic (exact) mass is 448 g/mol. The molecule has 170 valence electrons. The highest BCUT2D eigenvalue weighted by atomic mass is 16.5. The molecule has 5 rings (SSSR count). The van der Waals surface area contributed by atoms with Crippen molar-refractivity contribution in [1.82, 2.24) is 9.55 Å². The van der Waals surface area contributed by atoms with Gasteiger partial charge in [0.25, 0.3) is 0 Å². The van der Waals surface area contributed by atoms with E-state index in [1.165, 1.54) is 16.7 Å². The molecule has 0 saturated carbocycles. The van der Waals surface area contributed by atoms with Crippen LogP contribution in [-0.2, 0) is 24.5 Å². The van der Waals surface area contributed by atoms with Crippen molar-refractivity contribution in [2.24, 2.45) is 0 Å². The van der Waals surface area contributed by atoms with E-state index in [9.17, 15) is 4.79 Å². The Morgan fingerprint density at radius 2 is 1.21 bits per heavy atom. The second kappa shape index (κ2) is 9.54. The molecule has 0 atom stereocenters. The van der Waals surface area contributed by atoms with E-state index in [0.29, 0.717) is 19.8 Å². The number of hydrogen-bond donors (Lipinski definition) is 1. The van der Waals surface area contributed by atoms with Gasteiger partial charge in [-0.05, 0) is 53.8 Å². The number of benzene rings is 4. The summed E-state index contributed by atoms with van der Waals surface area (Å²) in [5.74, 6) is 0. The summed E-state index contributed by atoms with van der Waals surface area (Å²) in [6, 6.07) is 31.3. The van der Waals surface area contributed by atoms with Crippen LogP contribution in [0.4, 0.5) is 0 Å². The van der Waals surface area contributed by atoms with Gasteiger partial charge in [0.2, 0.25) is 0 Å². The van der Waals surface area contributed by atoms with Gasteiger partial charge in [0.1, 0.15) is 0 Å². The average molecular weight is 449 g/mol. The molecular weight excluding hydrogens is 420 g/mol. The number of H-pyrrole nitrogens is 1. The van der Waals surface area contributed by atoms with Crippen LogP contribution >= 0.6 is 0 Å². The number of hydrogen-bond acceptors (Lipinski definition) is 2. The van der Waals surface area contributed by atoms with Crippen molar-refractivity contribution in [3.63, 3.8) is 0 Å². The van der Waals surface area contributed by atoms with Gasteiger partial charge in [-0.25, -0.2) is 4.79 Å². The molecule has 4 nitrogen and oxygen atoms in total. The summed E-state index contributed by atoms with van der Waals surface area (Å²) in [4.78, 5) is 15.6. The van der Waals surface area contributed by atoms with E-state index in [1.54, 1.807) is 4.57 Å². The third kappa shape index (κ3) is 4.87. The summed E-state index contributed by atoms with van der Waals surface area (Å²) < 4.78 is 7.67. The number of rotatable bonds is 7. The Balaban J connectivity index is 1.28. The van der Waals surface area contributed by atoms with Crippen LogP contribution in [0.25, 0.3) is 22.2 Å². The Labute approximate surface area is 199 Å². The smallest absolute Gasteiger partial charge is 0.326 e. The van der Waals surface area contributed by atoms with E-state index >= 15 is 0 Å². The summed E-state index contributed by atoms with van der Waals surface area (Å²) in [7, 11) is 0. The van der Waals surface area contributed by atoms with Crippen LogP contribution in [0.5, 0.6) is 0 Å². The maximum absolute atomic E-state index is 12.6. The minimum absolute atomic E-state index is 0.0891. The molecule has 5 aromatic rings. The fourth-order valence-electron chi connectivity index (χ4n) is 4.14. The zero-order chi connectivity index (χ0) is 23.5. The predicted molar refractivity (Wildman–Crippen MR) is 138 cm³/mol. The fourth-order valence-corrected chi connectivity index (χ4v) is 4.14. The number of nitrogens with zero attached hydrogens (tertiary/aromatic N) is 1. The van der Waals surface area contributed by atoms with Gasteiger partial charge >= 0.3 is 5.69 Å². The van der Waals surface area contributed by atoms with Gasteiger partial charge < -0.3 is 9.72 Å². The molecule has 0 amide bonds. The maximum Gasteiger partial charge on any atom is 0.326 e. The van der Waals surface area contributed by atoms with E-state index < -0.39 is 0 Å². The van der Waals surface area contributed by atoms with E-state index in [-0.39, 0.29) is 5.69 Å². The van der Waals surface area contributed by atoms with Crippen molar-refractivity contribution in [3.8, 4) is 11.1 Å². The molecule has 0 bridgehead atoms. The molecular formula is C30H28N2O2. The largest absolute Gasteiger partial charge is 0.372 e. The van der Waals surface area contributed by atoms with Crippen LogP contribution < -0.4 is 5.69 Å². The fraction of sp³-hybridized carbons (Fsp3) is 0.167. The SMILES string of the molecule is Cc1ccc(COCc2ccc(-c3ccc4c(c3)[nH]c(=O)n4Cc3ccc(C)cc3)cc2)cc1. The molecule has 0 unspecified atom stereocenters. The second-order valence-corrected chi connectivity index (χ2v) is 8.91. The van der Waals surface area contributed by atoms with Gasteiger partial charge in [0.05, 0.1) is 30.8 Å². The lowest BCUT2D eigenvalue weighted by atomic mass is 10.0. The first kappa shape index (κ1) is 21.9. The number of imidazole rings is 1. The van der Waals surface area contributed by atoms with Crippen molar-refractivity contribution >= 4 is 11.0 Å². The summed E-state index contributed by atoms with van der Waals surface area (Å²) in [6.07, 6.45) is 0. The summed E-state index contributed by atoms with van der Waals surface area (Å²) in [6.45, 7) is 5.88. The number of fused-ring (bicyclic) bond motifs is 1. The first-order valence-corrected chi connectivity index (χ1v) is 11.6. The molecule has 1 aromatic heterocycles. The minimum atomic E-state index is -0.0891. The molecule has 1 N–H and O–H groups in total. The zero-order valence-corrected chi connectivity index (χ0v) is 19.5. The lowest BCUT2D eigenvalue weighted by Crippen LogP contribution is -2.17. The van der Waals surface area contributed by atoms with E-state index in [1.807, 2.05) is 12.1 Å². The van der Waals surface area contributed by atoms with Crippen LogP contribution in [0.15, 0.2) is 95.8 Å². The Hall–Kier alpha value is -3.89. The number of ether oxygens (including phenoxy) is 1. The normalized spacial score (nSPS) is 11.2. The average Bonchev–Trinajstić information content (AvgIpc) is 3.16. The van der Waals surface area contributed by atoms with Gasteiger partial charge in [-0.15, -0.1) is 0 Å². The maximum atomic E-state index is 12.6. The Bertz CT molecular complexity index is 1460. The van der Waals surface area contributed by atoms with E-state index in [0.717, 1.165) is 33.3 Å². The number of aromatic nitrogens is 2. The number of aryl methyl sites for hydroxylation is 2. The molecule has 4 aromatic carbocycles. The summed E-state index contributed by atoms with van der Waals surface area (Å²) in [5.41, 5.74) is 9.74. The van der Waals surface area contributed by atoms with Gasteiger partial charge in [-0.1, -0.05) is 90.0 Å². The van der Waals surface area contributed by atoms with Gasteiger partial charge in [0.15, 0.2) is 0 Å². The topological polar surface area (TPSA) is 47.0 Å². The molecule has 34 heavy (non-hydrogen) atoms. The zero-order valence-electron chi connectivity index (χ0n) is 19.5. The standard InChI is InChI=1S/C30H28N2O2/c1-21-3-7-23(8-4-21)18-32-29-16-15-27(17-28(29)31-30(32)33)26-13-11-25(12-14-26)20-34-19-24-9-5-22(2)6-10-24/h3-17H,18-20H2,1-2H3,(H,31,33). The second-order valence-electron chi connectivity index (χ2n) is 8.91. The van der Waals surface area contributed by atoms with Crippen molar-refractivity contribution in [2.75, 3.05) is 0 Å². The van der Waals surface area contributed by atoms with Gasteiger partial charge in [-0.3, -0.25) is 4.57 Å². The van der Waals surface area contributed by atoms with Gasteiger partial charge in [-0.2, -0.15) is 0 Å². The van der Waals surface area contributed by atoms with E-state index in [4.69, 9.17) is 4.74 Å². The van der Waals surface area contributed by atoms with Crippen LogP contribution in [0.2, 0.25) is 0 Å². The Morgan fingerprint density at radius 3 is 1.82 bits per heavy atom. The number of aromatic amines is 1. The molecule has 0 spiro atoms. The number of nitrogens with one attached hydrogen (secondary N) is 1. The molecule has 0 aliphatic rings. The lowest BCUT2D eigenvalue weighted by Gasteiger charge is -2.08. The highest BCUT2D eigenvalue weighted by Gasteiger charge is 2.09. The minimum Gasteiger partial charge on any atom is -0.372 e. The molecule has 0 fully saturated rings. The van der Waals surface area contributed by atoms with Gasteiger partial charge in [0, 0.05) is 0 Å². The molecule has 0 saturated heterocycles. The first-order chi connectivity index (χ1) is 16.5. The van der Waals surface area contributed by atoms with Crippen LogP contribution in [-0.4, -0.2) is 9.55 Å². The van der Waals surface area contributed by atoms with E-state index in [2.05, 4.69) is 97.7 Å². The highest BCUT2D eigenvalue weighted by Crippen LogP contribution is 2.24. The lowest BCUT2D eigenvalue weighted by molar-refractivity contribution is 0.107. The summed E-state index contributed by atoms with van der Waals surface area (Å²) in [5, 5.41) is 0. The van der Waals surface area contributed by atoms with Crippen LogP contribution in [0.1, 0.15) is 27.8 Å².